The number of hydrogen-bond acceptors (Lipinski definition) is 4. The normalized spacial score (nSPS) is 14.1. The van der Waals surface area contributed by atoms with Gasteiger partial charge < -0.3 is 15.0 Å². The Morgan fingerprint density at radius 2 is 1.68 bits per heavy atom. The summed E-state index contributed by atoms with van der Waals surface area (Å²) >= 11 is 0. The van der Waals surface area contributed by atoms with Crippen LogP contribution in [0.25, 0.3) is 11.1 Å². The molecule has 1 aliphatic rings. The van der Waals surface area contributed by atoms with Gasteiger partial charge in [0.1, 0.15) is 11.7 Å². The molecule has 1 saturated heterocycles. The summed E-state index contributed by atoms with van der Waals surface area (Å²) in [5, 5.41) is 12.6. The number of aryl methyl sites for hydroxylation is 1. The Labute approximate surface area is 218 Å². The van der Waals surface area contributed by atoms with E-state index in [9.17, 15) is 14.9 Å². The minimum Gasteiger partial charge on any atom is -0.444 e. The van der Waals surface area contributed by atoms with Gasteiger partial charge in [-0.15, -0.1) is 0 Å². The molecule has 0 unspecified atom stereocenters. The van der Waals surface area contributed by atoms with Gasteiger partial charge in [0, 0.05) is 18.7 Å². The molecule has 3 aromatic rings. The average molecular weight is 496 g/mol. The monoisotopic (exact) mass is 495 g/mol. The highest BCUT2D eigenvalue weighted by Gasteiger charge is 2.27. The van der Waals surface area contributed by atoms with Crippen LogP contribution < -0.4 is 5.32 Å². The molecule has 0 aromatic heterocycles. The Morgan fingerprint density at radius 3 is 2.35 bits per heavy atom. The van der Waals surface area contributed by atoms with Gasteiger partial charge in [-0.3, -0.25) is 4.79 Å². The molecular formula is C31H33N3O3. The zero-order valence-corrected chi connectivity index (χ0v) is 21.9. The fourth-order valence-electron chi connectivity index (χ4n) is 4.60. The molecular weight excluding hydrogens is 462 g/mol. The highest BCUT2D eigenvalue weighted by Crippen LogP contribution is 2.30. The average Bonchev–Trinajstić information content (AvgIpc) is 2.88. The van der Waals surface area contributed by atoms with Crippen molar-refractivity contribution < 1.29 is 14.3 Å². The van der Waals surface area contributed by atoms with E-state index < -0.39 is 5.60 Å². The summed E-state index contributed by atoms with van der Waals surface area (Å²) in [6.07, 6.45) is 1.34. The number of nitriles is 1. The number of ether oxygens (including phenoxy) is 1. The van der Waals surface area contributed by atoms with Crippen LogP contribution >= 0.6 is 0 Å². The van der Waals surface area contributed by atoms with Crippen molar-refractivity contribution in [1.29, 1.82) is 5.26 Å². The van der Waals surface area contributed by atoms with Gasteiger partial charge in [0.2, 0.25) is 0 Å². The predicted octanol–water partition coefficient (Wildman–Crippen LogP) is 6.90. The molecule has 0 spiro atoms. The molecule has 0 radical (unpaired) electrons. The van der Waals surface area contributed by atoms with Crippen molar-refractivity contribution >= 4 is 17.7 Å². The highest BCUT2D eigenvalue weighted by molar-refractivity contribution is 6.05. The van der Waals surface area contributed by atoms with E-state index in [0.717, 1.165) is 35.1 Å². The van der Waals surface area contributed by atoms with Crippen molar-refractivity contribution in [2.45, 2.75) is 52.1 Å². The predicted molar refractivity (Wildman–Crippen MR) is 146 cm³/mol. The van der Waals surface area contributed by atoms with Gasteiger partial charge in [-0.1, -0.05) is 48.0 Å². The van der Waals surface area contributed by atoms with E-state index in [4.69, 9.17) is 4.74 Å². The Hall–Kier alpha value is -4.11. The molecule has 1 N–H and O–H groups in total. The lowest BCUT2D eigenvalue weighted by molar-refractivity contribution is 0.0205. The number of amides is 2. The van der Waals surface area contributed by atoms with Gasteiger partial charge >= 0.3 is 6.09 Å². The Morgan fingerprint density at radius 1 is 0.973 bits per heavy atom. The fourth-order valence-corrected chi connectivity index (χ4v) is 4.60. The first-order chi connectivity index (χ1) is 17.6. The first-order valence-corrected chi connectivity index (χ1v) is 12.6. The van der Waals surface area contributed by atoms with E-state index in [0.29, 0.717) is 29.9 Å². The molecule has 1 aliphatic heterocycles. The molecule has 1 fully saturated rings. The third-order valence-corrected chi connectivity index (χ3v) is 6.51. The molecule has 0 saturated carbocycles. The van der Waals surface area contributed by atoms with Crippen molar-refractivity contribution in [1.82, 2.24) is 4.90 Å². The van der Waals surface area contributed by atoms with Crippen molar-refractivity contribution in [3.05, 3.63) is 89.0 Å². The second-order valence-corrected chi connectivity index (χ2v) is 10.6. The maximum Gasteiger partial charge on any atom is 0.410 e. The number of anilines is 1. The number of carbonyl (C=O) groups is 2. The summed E-state index contributed by atoms with van der Waals surface area (Å²) < 4.78 is 5.50. The lowest BCUT2D eigenvalue weighted by Crippen LogP contribution is -2.41. The standard InChI is InChI=1S/C31H33N3O3/c1-21-7-5-8-23(17-21)25-11-12-27(20-32)28(19-25)33-29(35)26-10-6-9-24(18-26)22-13-15-34(16-14-22)30(36)37-31(2,3)4/h5-12,17-19,22H,13-16H2,1-4H3,(H,33,35). The maximum atomic E-state index is 13.2. The van der Waals surface area contributed by atoms with Crippen LogP contribution in [0.4, 0.5) is 10.5 Å². The van der Waals surface area contributed by atoms with Crippen LogP contribution in [0.5, 0.6) is 0 Å². The van der Waals surface area contributed by atoms with Crippen LogP contribution in [0.2, 0.25) is 0 Å². The van der Waals surface area contributed by atoms with Crippen LogP contribution in [0.15, 0.2) is 66.7 Å². The molecule has 2 amide bonds. The Balaban J connectivity index is 1.46. The summed E-state index contributed by atoms with van der Waals surface area (Å²) in [6, 6.07) is 23.4. The summed E-state index contributed by atoms with van der Waals surface area (Å²) in [6.45, 7) is 8.87. The zero-order valence-electron chi connectivity index (χ0n) is 21.9. The smallest absolute Gasteiger partial charge is 0.410 e. The van der Waals surface area contributed by atoms with Crippen LogP contribution in [0, 0.1) is 18.3 Å². The molecule has 6 nitrogen and oxygen atoms in total. The summed E-state index contributed by atoms with van der Waals surface area (Å²) in [5.74, 6) is -0.00307. The number of nitrogens with one attached hydrogen (secondary N) is 1. The number of piperidine rings is 1. The van der Waals surface area contributed by atoms with E-state index in [1.807, 2.05) is 76.2 Å². The van der Waals surface area contributed by atoms with Crippen LogP contribution in [0.3, 0.4) is 0 Å². The van der Waals surface area contributed by atoms with Gasteiger partial charge in [0.25, 0.3) is 5.91 Å². The van der Waals surface area contributed by atoms with Gasteiger partial charge in [-0.25, -0.2) is 4.79 Å². The van der Waals surface area contributed by atoms with Gasteiger partial charge in [-0.2, -0.15) is 5.26 Å². The number of benzene rings is 3. The number of likely N-dealkylation sites (tertiary alicyclic amines) is 1. The minimum atomic E-state index is -0.513. The van der Waals surface area contributed by atoms with Gasteiger partial charge in [-0.05, 0) is 87.4 Å². The molecule has 190 valence electrons. The molecule has 0 atom stereocenters. The molecule has 3 aromatic carbocycles. The lowest BCUT2D eigenvalue weighted by atomic mass is 9.88. The highest BCUT2D eigenvalue weighted by atomic mass is 16.6. The van der Waals surface area contributed by atoms with Gasteiger partial charge in [0.05, 0.1) is 11.3 Å². The Kier molecular flexibility index (Phi) is 7.63. The number of carbonyl (C=O) groups excluding carboxylic acids is 2. The molecule has 4 rings (SSSR count). The van der Waals surface area contributed by atoms with Crippen molar-refractivity contribution in [2.75, 3.05) is 18.4 Å². The van der Waals surface area contributed by atoms with E-state index in [1.165, 1.54) is 0 Å². The first-order valence-electron chi connectivity index (χ1n) is 12.6. The zero-order chi connectivity index (χ0) is 26.6. The largest absolute Gasteiger partial charge is 0.444 e. The lowest BCUT2D eigenvalue weighted by Gasteiger charge is -2.33. The third-order valence-electron chi connectivity index (χ3n) is 6.51. The number of rotatable bonds is 4. The molecule has 6 heteroatoms. The van der Waals surface area contributed by atoms with Crippen LogP contribution in [-0.4, -0.2) is 35.6 Å². The molecule has 37 heavy (non-hydrogen) atoms. The topological polar surface area (TPSA) is 82.4 Å². The minimum absolute atomic E-state index is 0.255. The number of hydrogen-bond donors (Lipinski definition) is 1. The second kappa shape index (κ2) is 10.9. The molecule has 0 aliphatic carbocycles. The van der Waals surface area contributed by atoms with Crippen molar-refractivity contribution in [2.24, 2.45) is 0 Å². The van der Waals surface area contributed by atoms with Crippen molar-refractivity contribution in [3.8, 4) is 17.2 Å². The van der Waals surface area contributed by atoms with Crippen LogP contribution in [0.1, 0.15) is 66.6 Å². The second-order valence-electron chi connectivity index (χ2n) is 10.6. The van der Waals surface area contributed by atoms with Crippen molar-refractivity contribution in [3.63, 3.8) is 0 Å². The SMILES string of the molecule is Cc1cccc(-c2ccc(C#N)c(NC(=O)c3cccc(C4CCN(C(=O)OC(C)(C)C)CC4)c3)c2)c1. The summed E-state index contributed by atoms with van der Waals surface area (Å²) in [7, 11) is 0. The first kappa shape index (κ1) is 26.0. The Bertz CT molecular complexity index is 1340. The van der Waals surface area contributed by atoms with E-state index in [1.54, 1.807) is 17.0 Å². The van der Waals surface area contributed by atoms with Crippen LogP contribution in [-0.2, 0) is 4.74 Å². The van der Waals surface area contributed by atoms with Gasteiger partial charge in [0.15, 0.2) is 0 Å². The van der Waals surface area contributed by atoms with E-state index in [2.05, 4.69) is 17.5 Å². The van der Waals surface area contributed by atoms with E-state index in [-0.39, 0.29) is 17.9 Å². The molecule has 1 heterocycles. The quantitative estimate of drug-likeness (QED) is 0.427. The fraction of sp³-hybridized carbons (Fsp3) is 0.323. The number of nitrogens with zero attached hydrogens (tertiary/aromatic N) is 2. The maximum absolute atomic E-state index is 13.2. The van der Waals surface area contributed by atoms with E-state index >= 15 is 0 Å². The third kappa shape index (κ3) is 6.56. The summed E-state index contributed by atoms with van der Waals surface area (Å²) in [4.78, 5) is 27.3. The molecule has 0 bridgehead atoms. The summed E-state index contributed by atoms with van der Waals surface area (Å²) in [5.41, 5.74) is 5.10.